The Bertz CT molecular complexity index is 979. The Morgan fingerprint density at radius 3 is 0.733 bits per heavy atom. The van der Waals surface area contributed by atoms with Crippen molar-refractivity contribution in [3.05, 3.63) is 155 Å². The molecule has 0 aliphatic carbocycles. The first-order valence-electron chi connectivity index (χ1n) is 9.49. The normalized spacial score (nSPS) is 9.33. The lowest BCUT2D eigenvalue weighted by molar-refractivity contribution is -0.00323. The first-order chi connectivity index (χ1) is 14.8. The van der Waals surface area contributed by atoms with Crippen molar-refractivity contribution in [2.75, 3.05) is 0 Å². The molecular weight excluding hydrogens is 368 g/mol. The van der Waals surface area contributed by atoms with Crippen LogP contribution in [-0.4, -0.2) is 21.0 Å². The molecule has 0 spiro atoms. The van der Waals surface area contributed by atoms with Crippen LogP contribution in [0, 0.1) is 0 Å². The molecule has 144 valence electrons. The fourth-order valence-corrected chi connectivity index (χ4v) is 2.95. The summed E-state index contributed by atoms with van der Waals surface area (Å²) in [6, 6.07) is 38.4. The first-order valence-corrected chi connectivity index (χ1v) is 9.49. The topological polar surface area (TPSA) is 72.8 Å². The van der Waals surface area contributed by atoms with E-state index in [1.807, 2.05) is 121 Å². The Morgan fingerprint density at radius 2 is 0.567 bits per heavy atom. The SMILES string of the molecule is [N-]=[N+]=C(c1ccccc1)c1ccccc1.[N-]=[N+]=C(c1ccccc1)c1ccccc1. The van der Waals surface area contributed by atoms with Gasteiger partial charge in [-0.2, -0.15) is 9.58 Å². The Morgan fingerprint density at radius 1 is 0.367 bits per heavy atom. The third-order valence-corrected chi connectivity index (χ3v) is 4.39. The molecule has 0 heterocycles. The van der Waals surface area contributed by atoms with Crippen LogP contribution in [0.4, 0.5) is 0 Å². The predicted octanol–water partition coefficient (Wildman–Crippen LogP) is 5.51. The van der Waals surface area contributed by atoms with E-state index in [0.29, 0.717) is 11.4 Å². The van der Waals surface area contributed by atoms with E-state index in [-0.39, 0.29) is 0 Å². The van der Waals surface area contributed by atoms with E-state index >= 15 is 0 Å². The molecule has 0 aliphatic heterocycles. The molecule has 0 N–H and O–H groups in total. The van der Waals surface area contributed by atoms with Crippen molar-refractivity contribution in [1.29, 1.82) is 0 Å². The van der Waals surface area contributed by atoms with Crippen LogP contribution in [0.5, 0.6) is 0 Å². The zero-order chi connectivity index (χ0) is 21.0. The van der Waals surface area contributed by atoms with Gasteiger partial charge in [-0.25, -0.2) is 0 Å². The van der Waals surface area contributed by atoms with Crippen molar-refractivity contribution in [2.24, 2.45) is 0 Å². The largest absolute Gasteiger partial charge is 0.361 e. The average molecular weight is 388 g/mol. The minimum atomic E-state index is 0.594. The highest BCUT2D eigenvalue weighted by molar-refractivity contribution is 6.09. The van der Waals surface area contributed by atoms with E-state index in [0.717, 1.165) is 22.3 Å². The van der Waals surface area contributed by atoms with Gasteiger partial charge in [-0.15, -0.1) is 0 Å². The molecular formula is C26H20N4. The van der Waals surface area contributed by atoms with Crippen LogP contribution in [-0.2, 0) is 0 Å². The third kappa shape index (κ3) is 5.34. The summed E-state index contributed by atoms with van der Waals surface area (Å²) in [5.41, 5.74) is 22.9. The summed E-state index contributed by atoms with van der Waals surface area (Å²) in [6.07, 6.45) is 0. The van der Waals surface area contributed by atoms with Gasteiger partial charge in [0, 0.05) is 0 Å². The van der Waals surface area contributed by atoms with Crippen LogP contribution in [0.2, 0.25) is 0 Å². The van der Waals surface area contributed by atoms with Crippen LogP contribution in [0.15, 0.2) is 121 Å². The summed E-state index contributed by atoms with van der Waals surface area (Å²) in [4.78, 5) is 6.69. The molecule has 4 nitrogen and oxygen atoms in total. The minimum Gasteiger partial charge on any atom is -0.361 e. The summed E-state index contributed by atoms with van der Waals surface area (Å²) in [5.74, 6) is 0. The zero-order valence-electron chi connectivity index (χ0n) is 16.3. The molecule has 4 rings (SSSR count). The fourth-order valence-electron chi connectivity index (χ4n) is 2.95. The zero-order valence-corrected chi connectivity index (χ0v) is 16.3. The van der Waals surface area contributed by atoms with Crippen LogP contribution in [0.25, 0.3) is 11.1 Å². The highest BCUT2D eigenvalue weighted by atomic mass is 14.9. The van der Waals surface area contributed by atoms with Crippen molar-refractivity contribution in [3.63, 3.8) is 0 Å². The number of rotatable bonds is 4. The average Bonchev–Trinajstić information content (AvgIpc) is 2.83. The van der Waals surface area contributed by atoms with E-state index in [1.165, 1.54) is 0 Å². The highest BCUT2D eigenvalue weighted by Crippen LogP contribution is 2.09. The van der Waals surface area contributed by atoms with E-state index < -0.39 is 0 Å². The quantitative estimate of drug-likeness (QED) is 0.251. The molecule has 0 bridgehead atoms. The Balaban J connectivity index is 0.000000171. The second-order valence-electron chi connectivity index (χ2n) is 6.36. The van der Waals surface area contributed by atoms with Crippen molar-refractivity contribution in [1.82, 2.24) is 0 Å². The monoisotopic (exact) mass is 388 g/mol. The smallest absolute Gasteiger partial charge is 0.329 e. The molecule has 4 heteroatoms. The summed E-state index contributed by atoms with van der Waals surface area (Å²) < 4.78 is 0. The molecule has 0 saturated heterocycles. The molecule has 0 amide bonds. The van der Waals surface area contributed by atoms with Gasteiger partial charge in [0.2, 0.25) is 0 Å². The maximum absolute atomic E-state index is 9.02. The van der Waals surface area contributed by atoms with Gasteiger partial charge < -0.3 is 11.1 Å². The molecule has 0 unspecified atom stereocenters. The van der Waals surface area contributed by atoms with Gasteiger partial charge in [0.25, 0.3) is 0 Å². The fraction of sp³-hybridized carbons (Fsp3) is 0. The molecule has 0 aromatic heterocycles. The van der Waals surface area contributed by atoms with Crippen molar-refractivity contribution in [2.45, 2.75) is 0 Å². The number of hydrogen-bond donors (Lipinski definition) is 0. The molecule has 0 fully saturated rings. The molecule has 0 saturated carbocycles. The Labute approximate surface area is 176 Å². The summed E-state index contributed by atoms with van der Waals surface area (Å²) >= 11 is 0. The number of benzene rings is 4. The molecule has 4 aromatic carbocycles. The number of nitrogens with zero attached hydrogens (tertiary/aromatic N) is 4. The van der Waals surface area contributed by atoms with Crippen LogP contribution in [0.3, 0.4) is 0 Å². The lowest BCUT2D eigenvalue weighted by atomic mass is 10.0. The van der Waals surface area contributed by atoms with Gasteiger partial charge in [-0.05, 0) is 48.5 Å². The van der Waals surface area contributed by atoms with Gasteiger partial charge in [-0.3, -0.25) is 0 Å². The molecule has 4 aromatic rings. The summed E-state index contributed by atoms with van der Waals surface area (Å²) in [6.45, 7) is 0. The Hall–Kier alpha value is -4.36. The van der Waals surface area contributed by atoms with Gasteiger partial charge in [0.1, 0.15) is 0 Å². The van der Waals surface area contributed by atoms with E-state index in [9.17, 15) is 0 Å². The molecule has 0 aliphatic rings. The molecule has 0 atom stereocenters. The van der Waals surface area contributed by atoms with Gasteiger partial charge in [0.05, 0.1) is 22.3 Å². The maximum Gasteiger partial charge on any atom is 0.329 e. The summed E-state index contributed by atoms with van der Waals surface area (Å²) in [7, 11) is 0. The molecule has 0 radical (unpaired) electrons. The van der Waals surface area contributed by atoms with Crippen LogP contribution in [0.1, 0.15) is 22.3 Å². The lowest BCUT2D eigenvalue weighted by Gasteiger charge is -1.95. The summed E-state index contributed by atoms with van der Waals surface area (Å²) in [5, 5.41) is 0. The second-order valence-corrected chi connectivity index (χ2v) is 6.36. The number of hydrogen-bond acceptors (Lipinski definition) is 0. The van der Waals surface area contributed by atoms with Gasteiger partial charge in [0.15, 0.2) is 0 Å². The van der Waals surface area contributed by atoms with E-state index in [1.54, 1.807) is 0 Å². The Kier molecular flexibility index (Phi) is 7.36. The van der Waals surface area contributed by atoms with Crippen LogP contribution >= 0.6 is 0 Å². The first kappa shape index (κ1) is 20.4. The highest BCUT2D eigenvalue weighted by Gasteiger charge is 2.14. The molecule has 30 heavy (non-hydrogen) atoms. The minimum absolute atomic E-state index is 0.594. The lowest BCUT2D eigenvalue weighted by Crippen LogP contribution is -2.03. The van der Waals surface area contributed by atoms with E-state index in [4.69, 9.17) is 11.1 Å². The van der Waals surface area contributed by atoms with Gasteiger partial charge >= 0.3 is 11.4 Å². The second kappa shape index (κ2) is 10.8. The standard InChI is InChI=1S/2C13H10N2/c2*14-15-13(11-7-3-1-4-8-11)12-9-5-2-6-10-12/h2*1-10H. The van der Waals surface area contributed by atoms with Crippen molar-refractivity contribution >= 4 is 11.4 Å². The van der Waals surface area contributed by atoms with Crippen molar-refractivity contribution < 1.29 is 9.58 Å². The van der Waals surface area contributed by atoms with Crippen molar-refractivity contribution in [3.8, 4) is 0 Å². The van der Waals surface area contributed by atoms with Crippen LogP contribution < -0.4 is 0 Å². The van der Waals surface area contributed by atoms with Gasteiger partial charge in [-0.1, -0.05) is 72.8 Å². The third-order valence-electron chi connectivity index (χ3n) is 4.39. The maximum atomic E-state index is 9.02. The predicted molar refractivity (Wildman–Crippen MR) is 119 cm³/mol. The van der Waals surface area contributed by atoms with E-state index in [2.05, 4.69) is 9.58 Å².